The van der Waals surface area contributed by atoms with E-state index in [9.17, 15) is 0 Å². The van der Waals surface area contributed by atoms with E-state index in [1.165, 1.54) is 0 Å². The smallest absolute Gasteiger partial charge is 0.200 e. The first-order chi connectivity index (χ1) is 6.28. The largest absolute Gasteiger partial charge is 0.249 e. The molecule has 4 nitrogen and oxygen atoms in total. The highest BCUT2D eigenvalue weighted by atomic mass is 31.1. The maximum absolute atomic E-state index is 5.37. The normalized spacial score (nSPS) is 11.5. The van der Waals surface area contributed by atoms with Crippen LogP contribution in [-0.2, 0) is 9.25 Å². The molecule has 0 rings (SSSR count). The third-order valence-corrected chi connectivity index (χ3v) is 2.41. The average Bonchev–Trinajstić information content (AvgIpc) is 2.19. The van der Waals surface area contributed by atoms with Crippen molar-refractivity contribution in [2.45, 2.75) is 27.7 Å². The van der Waals surface area contributed by atoms with E-state index in [0.29, 0.717) is 0 Å². The zero-order chi connectivity index (χ0) is 10.1. The first-order valence-corrected chi connectivity index (χ1v) is 5.68. The fraction of sp³-hybridized carbons (Fsp3) is 1.00. The van der Waals surface area contributed by atoms with Gasteiger partial charge in [-0.15, -0.1) is 0 Å². The second-order valence-electron chi connectivity index (χ2n) is 2.49. The van der Waals surface area contributed by atoms with E-state index in [1.54, 1.807) is 0 Å². The Bertz CT molecular complexity index is 96.3. The van der Waals surface area contributed by atoms with Crippen molar-refractivity contribution in [3.05, 3.63) is 0 Å². The van der Waals surface area contributed by atoms with Crippen molar-refractivity contribution in [1.82, 2.24) is 10.1 Å². The van der Waals surface area contributed by atoms with Gasteiger partial charge in [-0.05, 0) is 0 Å². The van der Waals surface area contributed by atoms with Gasteiger partial charge in [0.2, 0.25) is 0 Å². The van der Waals surface area contributed by atoms with E-state index < -0.39 is 0 Å². The van der Waals surface area contributed by atoms with Gasteiger partial charge in [0, 0.05) is 26.2 Å². The minimum atomic E-state index is 0.0720. The Kier molecular flexibility index (Phi) is 9.03. The maximum Gasteiger partial charge on any atom is 0.200 e. The van der Waals surface area contributed by atoms with Crippen LogP contribution >= 0.6 is 9.03 Å². The van der Waals surface area contributed by atoms with Crippen LogP contribution in [0, 0.1) is 0 Å². The lowest BCUT2D eigenvalue weighted by Crippen LogP contribution is -2.23. The molecule has 0 atom stereocenters. The summed E-state index contributed by atoms with van der Waals surface area (Å²) in [5, 5.41) is 3.75. The van der Waals surface area contributed by atoms with Crippen molar-refractivity contribution < 1.29 is 9.25 Å². The van der Waals surface area contributed by atoms with Crippen LogP contribution in [0.25, 0.3) is 0 Å². The SMILES string of the molecule is CCN(CC)OPON(CC)CC. The third kappa shape index (κ3) is 6.36. The highest BCUT2D eigenvalue weighted by molar-refractivity contribution is 7.26. The lowest BCUT2D eigenvalue weighted by atomic mass is 10.6. The third-order valence-electron chi connectivity index (χ3n) is 1.74. The molecule has 0 aliphatic heterocycles. The molecular formula is C8H21N2O2P. The van der Waals surface area contributed by atoms with Gasteiger partial charge in [0.15, 0.2) is 9.03 Å². The molecule has 80 valence electrons. The van der Waals surface area contributed by atoms with Crippen LogP contribution in [0.15, 0.2) is 0 Å². The first kappa shape index (κ1) is 13.3. The second kappa shape index (κ2) is 8.85. The molecule has 0 heterocycles. The van der Waals surface area contributed by atoms with Gasteiger partial charge in [-0.3, -0.25) is 0 Å². The lowest BCUT2D eigenvalue weighted by Gasteiger charge is -2.20. The Hall–Kier alpha value is 0.270. The maximum atomic E-state index is 5.37. The quantitative estimate of drug-likeness (QED) is 0.450. The number of rotatable bonds is 8. The zero-order valence-electron chi connectivity index (χ0n) is 9.04. The molecule has 0 unspecified atom stereocenters. The molecule has 5 heteroatoms. The van der Waals surface area contributed by atoms with Gasteiger partial charge in [0.1, 0.15) is 0 Å². The van der Waals surface area contributed by atoms with Crippen LogP contribution in [0.1, 0.15) is 27.7 Å². The van der Waals surface area contributed by atoms with E-state index >= 15 is 0 Å². The molecular weight excluding hydrogens is 187 g/mol. The summed E-state index contributed by atoms with van der Waals surface area (Å²) in [6.07, 6.45) is 0. The summed E-state index contributed by atoms with van der Waals surface area (Å²) in [6, 6.07) is 0. The summed E-state index contributed by atoms with van der Waals surface area (Å²) < 4.78 is 10.7. The highest BCUT2D eigenvalue weighted by Gasteiger charge is 2.02. The molecule has 0 saturated heterocycles. The van der Waals surface area contributed by atoms with Crippen molar-refractivity contribution in [3.8, 4) is 0 Å². The fourth-order valence-electron chi connectivity index (χ4n) is 0.827. The standard InChI is InChI=1S/C8H21N2O2P/c1-5-9(6-2)11-13-12-10(7-3)8-4/h13H,5-8H2,1-4H3. The van der Waals surface area contributed by atoms with E-state index in [0.717, 1.165) is 26.2 Å². The average molecular weight is 208 g/mol. The van der Waals surface area contributed by atoms with Gasteiger partial charge in [-0.2, -0.15) is 10.1 Å². The van der Waals surface area contributed by atoms with Crippen LogP contribution in [0.2, 0.25) is 0 Å². The summed E-state index contributed by atoms with van der Waals surface area (Å²) in [4.78, 5) is 0. The van der Waals surface area contributed by atoms with Gasteiger partial charge in [0.05, 0.1) is 0 Å². The Balaban J connectivity index is 3.41. The molecule has 0 radical (unpaired) electrons. The topological polar surface area (TPSA) is 24.9 Å². The van der Waals surface area contributed by atoms with Crippen molar-refractivity contribution in [3.63, 3.8) is 0 Å². The van der Waals surface area contributed by atoms with E-state index in [4.69, 9.17) is 9.25 Å². The predicted molar refractivity (Wildman–Crippen MR) is 56.3 cm³/mol. The fourth-order valence-corrected chi connectivity index (χ4v) is 1.59. The van der Waals surface area contributed by atoms with Crippen molar-refractivity contribution in [2.75, 3.05) is 26.2 Å². The highest BCUT2D eigenvalue weighted by Crippen LogP contribution is 2.17. The molecule has 0 aliphatic rings. The minimum absolute atomic E-state index is 0.0720. The van der Waals surface area contributed by atoms with E-state index in [1.807, 2.05) is 10.1 Å². The monoisotopic (exact) mass is 208 g/mol. The Morgan fingerprint density at radius 3 is 1.31 bits per heavy atom. The molecule has 0 aromatic heterocycles. The Morgan fingerprint density at radius 1 is 0.769 bits per heavy atom. The van der Waals surface area contributed by atoms with Gasteiger partial charge < -0.3 is 0 Å². The molecule has 0 aromatic rings. The zero-order valence-corrected chi connectivity index (χ0v) is 10.0. The van der Waals surface area contributed by atoms with Crippen molar-refractivity contribution in [2.24, 2.45) is 0 Å². The van der Waals surface area contributed by atoms with Crippen LogP contribution in [0.4, 0.5) is 0 Å². The molecule has 13 heavy (non-hydrogen) atoms. The summed E-state index contributed by atoms with van der Waals surface area (Å²) in [5.41, 5.74) is 0. The first-order valence-electron chi connectivity index (χ1n) is 4.87. The number of hydrogen-bond donors (Lipinski definition) is 0. The summed E-state index contributed by atoms with van der Waals surface area (Å²) in [7, 11) is 0.0720. The van der Waals surface area contributed by atoms with Crippen LogP contribution in [0.3, 0.4) is 0 Å². The van der Waals surface area contributed by atoms with Gasteiger partial charge in [0.25, 0.3) is 0 Å². The number of hydroxylamine groups is 4. The minimum Gasteiger partial charge on any atom is -0.249 e. The summed E-state index contributed by atoms with van der Waals surface area (Å²) >= 11 is 0. The molecule has 0 N–H and O–H groups in total. The van der Waals surface area contributed by atoms with E-state index in [-0.39, 0.29) is 9.03 Å². The number of hydrogen-bond acceptors (Lipinski definition) is 4. The van der Waals surface area contributed by atoms with Crippen LogP contribution in [0.5, 0.6) is 0 Å². The van der Waals surface area contributed by atoms with Crippen molar-refractivity contribution in [1.29, 1.82) is 0 Å². The molecule has 0 spiro atoms. The molecule has 0 fully saturated rings. The number of nitrogens with zero attached hydrogens (tertiary/aromatic N) is 2. The second-order valence-corrected chi connectivity index (χ2v) is 3.03. The molecule has 0 aliphatic carbocycles. The molecule has 0 aromatic carbocycles. The Morgan fingerprint density at radius 2 is 1.08 bits per heavy atom. The van der Waals surface area contributed by atoms with Gasteiger partial charge in [-0.1, -0.05) is 27.7 Å². The molecule has 0 saturated carbocycles. The van der Waals surface area contributed by atoms with Crippen molar-refractivity contribution >= 4 is 9.03 Å². The Labute approximate surface area is 83.0 Å². The van der Waals surface area contributed by atoms with Gasteiger partial charge >= 0.3 is 0 Å². The van der Waals surface area contributed by atoms with Crippen LogP contribution in [-0.4, -0.2) is 36.3 Å². The van der Waals surface area contributed by atoms with Crippen LogP contribution < -0.4 is 0 Å². The summed E-state index contributed by atoms with van der Waals surface area (Å²) in [5.74, 6) is 0. The van der Waals surface area contributed by atoms with Gasteiger partial charge in [-0.25, -0.2) is 9.25 Å². The summed E-state index contributed by atoms with van der Waals surface area (Å²) in [6.45, 7) is 11.8. The lowest BCUT2D eigenvalue weighted by molar-refractivity contribution is -0.0923. The predicted octanol–water partition coefficient (Wildman–Crippen LogP) is 2.04. The van der Waals surface area contributed by atoms with E-state index in [2.05, 4.69) is 27.7 Å². The molecule has 0 bridgehead atoms. The molecule has 0 amide bonds.